The Morgan fingerprint density at radius 2 is 2.19 bits per heavy atom. The highest BCUT2D eigenvalue weighted by molar-refractivity contribution is 7.89. The summed E-state index contributed by atoms with van der Waals surface area (Å²) in [5.74, 6) is 0.457. The molecule has 0 saturated carbocycles. The van der Waals surface area contributed by atoms with E-state index in [0.717, 1.165) is 0 Å². The summed E-state index contributed by atoms with van der Waals surface area (Å²) in [5.41, 5.74) is 2.79. The Kier molecular flexibility index (Phi) is 4.94. The number of rotatable bonds is 6. The number of aromatic nitrogens is 1. The van der Waals surface area contributed by atoms with Crippen molar-refractivity contribution in [2.24, 2.45) is 0 Å². The largest absolute Gasteiger partial charge is 0.496 e. The van der Waals surface area contributed by atoms with Gasteiger partial charge in [0.2, 0.25) is 10.0 Å². The molecule has 2 rings (SSSR count). The molecule has 0 aliphatic heterocycles. The minimum absolute atomic E-state index is 0.116. The van der Waals surface area contributed by atoms with Crippen molar-refractivity contribution in [3.63, 3.8) is 0 Å². The Hall–Kier alpha value is -1.48. The molecule has 0 aliphatic carbocycles. The van der Waals surface area contributed by atoms with E-state index in [1.807, 2.05) is 0 Å². The van der Waals surface area contributed by atoms with Crippen LogP contribution in [0.25, 0.3) is 0 Å². The number of ether oxygens (including phenoxy) is 1. The lowest BCUT2D eigenvalue weighted by Gasteiger charge is -2.17. The third-order valence-corrected chi connectivity index (χ3v) is 5.43. The van der Waals surface area contributed by atoms with Gasteiger partial charge in [0.05, 0.1) is 36.4 Å². The molecule has 0 fully saturated rings. The molecule has 0 saturated heterocycles. The van der Waals surface area contributed by atoms with Crippen LogP contribution < -0.4 is 4.74 Å². The lowest BCUT2D eigenvalue weighted by Crippen LogP contribution is -2.26. The maximum Gasteiger partial charge on any atom is 0.243 e. The summed E-state index contributed by atoms with van der Waals surface area (Å²) in [5, 5.41) is 11.1. The van der Waals surface area contributed by atoms with Crippen molar-refractivity contribution in [2.45, 2.75) is 18.0 Å². The van der Waals surface area contributed by atoms with Crippen molar-refractivity contribution in [3.8, 4) is 5.75 Å². The van der Waals surface area contributed by atoms with E-state index in [9.17, 15) is 13.5 Å². The molecule has 8 heteroatoms. The molecule has 1 N–H and O–H groups in total. The summed E-state index contributed by atoms with van der Waals surface area (Å²) in [4.78, 5) is 4.19. The number of sulfonamides is 1. The normalized spacial score (nSPS) is 11.8. The van der Waals surface area contributed by atoms with Gasteiger partial charge in [-0.05, 0) is 18.2 Å². The van der Waals surface area contributed by atoms with Crippen LogP contribution in [-0.4, -0.2) is 37.0 Å². The Morgan fingerprint density at radius 1 is 1.43 bits per heavy atom. The lowest BCUT2D eigenvalue weighted by molar-refractivity contribution is 0.273. The molecule has 0 radical (unpaired) electrons. The molecule has 1 heterocycles. The van der Waals surface area contributed by atoms with Crippen molar-refractivity contribution in [2.75, 3.05) is 14.2 Å². The predicted octanol–water partition coefficient (Wildman–Crippen LogP) is 1.46. The topological polar surface area (TPSA) is 79.7 Å². The van der Waals surface area contributed by atoms with Gasteiger partial charge in [-0.25, -0.2) is 13.4 Å². The molecule has 0 atom stereocenters. The van der Waals surface area contributed by atoms with Gasteiger partial charge < -0.3 is 9.84 Å². The number of methoxy groups -OCH3 is 1. The highest BCUT2D eigenvalue weighted by Crippen LogP contribution is 2.24. The number of benzene rings is 1. The molecule has 0 amide bonds. The van der Waals surface area contributed by atoms with E-state index in [-0.39, 0.29) is 18.0 Å². The van der Waals surface area contributed by atoms with Gasteiger partial charge in [-0.3, -0.25) is 0 Å². The zero-order valence-corrected chi connectivity index (χ0v) is 13.3. The zero-order valence-electron chi connectivity index (χ0n) is 11.7. The zero-order chi connectivity index (χ0) is 15.5. The minimum Gasteiger partial charge on any atom is -0.496 e. The molecular formula is C13H16N2O4S2. The first-order valence-electron chi connectivity index (χ1n) is 6.10. The molecule has 21 heavy (non-hydrogen) atoms. The van der Waals surface area contributed by atoms with Crippen LogP contribution in [0.3, 0.4) is 0 Å². The fourth-order valence-electron chi connectivity index (χ4n) is 1.85. The van der Waals surface area contributed by atoms with E-state index in [1.54, 1.807) is 10.9 Å². The maximum absolute atomic E-state index is 12.5. The van der Waals surface area contributed by atoms with E-state index in [4.69, 9.17) is 4.74 Å². The first kappa shape index (κ1) is 15.9. The average molecular weight is 328 g/mol. The molecule has 0 bridgehead atoms. The Labute approximate surface area is 127 Å². The van der Waals surface area contributed by atoms with Crippen LogP contribution in [0.5, 0.6) is 5.75 Å². The SMILES string of the molecule is COc1ccc(S(=O)(=O)N(C)Cc2cscn2)cc1CO. The fourth-order valence-corrected chi connectivity index (χ4v) is 3.59. The highest BCUT2D eigenvalue weighted by Gasteiger charge is 2.22. The van der Waals surface area contributed by atoms with Crippen LogP contribution in [0.4, 0.5) is 0 Å². The fraction of sp³-hybridized carbons (Fsp3) is 0.308. The van der Waals surface area contributed by atoms with Gasteiger partial charge in [-0.1, -0.05) is 0 Å². The summed E-state index contributed by atoms with van der Waals surface area (Å²) in [6, 6.07) is 4.42. The molecule has 0 aliphatic rings. The number of hydrogen-bond donors (Lipinski definition) is 1. The van der Waals surface area contributed by atoms with Crippen LogP contribution in [0.2, 0.25) is 0 Å². The first-order valence-corrected chi connectivity index (χ1v) is 8.48. The monoisotopic (exact) mass is 328 g/mol. The Balaban J connectivity index is 2.30. The highest BCUT2D eigenvalue weighted by atomic mass is 32.2. The summed E-state index contributed by atoms with van der Waals surface area (Å²) in [6.07, 6.45) is 0. The van der Waals surface area contributed by atoms with Crippen LogP contribution >= 0.6 is 11.3 Å². The van der Waals surface area contributed by atoms with Crippen molar-refractivity contribution >= 4 is 21.4 Å². The molecule has 2 aromatic rings. The molecule has 1 aromatic carbocycles. The molecule has 114 valence electrons. The van der Waals surface area contributed by atoms with Crippen molar-refractivity contribution in [3.05, 3.63) is 40.3 Å². The Morgan fingerprint density at radius 3 is 2.76 bits per heavy atom. The smallest absolute Gasteiger partial charge is 0.243 e. The van der Waals surface area contributed by atoms with Gasteiger partial charge in [-0.2, -0.15) is 4.31 Å². The summed E-state index contributed by atoms with van der Waals surface area (Å²) in [6.45, 7) is -0.0886. The Bertz CT molecular complexity index is 699. The van der Waals surface area contributed by atoms with Gasteiger partial charge in [-0.15, -0.1) is 11.3 Å². The third kappa shape index (κ3) is 3.41. The number of aliphatic hydroxyl groups excluding tert-OH is 1. The van der Waals surface area contributed by atoms with E-state index >= 15 is 0 Å². The van der Waals surface area contributed by atoms with Crippen LogP contribution in [0.1, 0.15) is 11.3 Å². The van der Waals surface area contributed by atoms with Gasteiger partial charge in [0.25, 0.3) is 0 Å². The van der Waals surface area contributed by atoms with Crippen LogP contribution in [0, 0.1) is 0 Å². The number of aliphatic hydroxyl groups is 1. The third-order valence-electron chi connectivity index (χ3n) is 3.00. The standard InChI is InChI=1S/C13H16N2O4S2/c1-15(6-11-8-20-9-14-11)21(17,18)12-3-4-13(19-2)10(5-12)7-16/h3-5,8-9,16H,6-7H2,1-2H3. The quantitative estimate of drug-likeness (QED) is 0.868. The molecule has 0 unspecified atom stereocenters. The maximum atomic E-state index is 12.5. The van der Waals surface area contributed by atoms with Gasteiger partial charge in [0.1, 0.15) is 5.75 Å². The number of thiazole rings is 1. The van der Waals surface area contributed by atoms with Crippen LogP contribution in [0.15, 0.2) is 34.0 Å². The van der Waals surface area contributed by atoms with Gasteiger partial charge >= 0.3 is 0 Å². The molecule has 1 aromatic heterocycles. The average Bonchev–Trinajstić information content (AvgIpc) is 2.99. The molecular weight excluding hydrogens is 312 g/mol. The number of nitrogens with zero attached hydrogens (tertiary/aromatic N) is 2. The summed E-state index contributed by atoms with van der Waals surface area (Å²) >= 11 is 1.42. The van der Waals surface area contributed by atoms with E-state index in [2.05, 4.69) is 4.98 Å². The second kappa shape index (κ2) is 6.52. The molecule has 6 nitrogen and oxygen atoms in total. The van der Waals surface area contributed by atoms with Crippen molar-refractivity contribution < 1.29 is 18.3 Å². The lowest BCUT2D eigenvalue weighted by atomic mass is 10.2. The van der Waals surface area contributed by atoms with E-state index in [0.29, 0.717) is 17.0 Å². The minimum atomic E-state index is -3.64. The first-order chi connectivity index (χ1) is 9.98. The second-order valence-corrected chi connectivity index (χ2v) is 7.14. The van der Waals surface area contributed by atoms with Gasteiger partial charge in [0.15, 0.2) is 0 Å². The van der Waals surface area contributed by atoms with Crippen LogP contribution in [-0.2, 0) is 23.2 Å². The summed E-state index contributed by atoms with van der Waals surface area (Å²) in [7, 11) is -0.675. The molecule has 0 spiro atoms. The predicted molar refractivity (Wildman–Crippen MR) is 79.7 cm³/mol. The second-order valence-electron chi connectivity index (χ2n) is 4.37. The summed E-state index contributed by atoms with van der Waals surface area (Å²) < 4.78 is 31.3. The van der Waals surface area contributed by atoms with E-state index in [1.165, 1.54) is 48.0 Å². The van der Waals surface area contributed by atoms with Gasteiger partial charge in [0, 0.05) is 18.0 Å². The van der Waals surface area contributed by atoms with Crippen molar-refractivity contribution in [1.82, 2.24) is 9.29 Å². The number of hydrogen-bond acceptors (Lipinski definition) is 6. The van der Waals surface area contributed by atoms with Crippen molar-refractivity contribution in [1.29, 1.82) is 0 Å². The van der Waals surface area contributed by atoms with E-state index < -0.39 is 10.0 Å².